The summed E-state index contributed by atoms with van der Waals surface area (Å²) in [6, 6.07) is 9.21. The van der Waals surface area contributed by atoms with Crippen LogP contribution in [0.2, 0.25) is 0 Å². The molecule has 3 aromatic rings. The Kier molecular flexibility index (Phi) is 4.14. The Morgan fingerprint density at radius 1 is 1.13 bits per heavy atom. The van der Waals surface area contributed by atoms with Crippen LogP contribution in [0, 0.1) is 0 Å². The van der Waals surface area contributed by atoms with Crippen molar-refractivity contribution in [1.29, 1.82) is 0 Å². The van der Waals surface area contributed by atoms with E-state index in [4.69, 9.17) is 0 Å². The first kappa shape index (κ1) is 14.9. The molecule has 0 aliphatic heterocycles. The van der Waals surface area contributed by atoms with Crippen molar-refractivity contribution in [2.75, 3.05) is 5.32 Å². The quantitative estimate of drug-likeness (QED) is 0.775. The lowest BCUT2D eigenvalue weighted by Gasteiger charge is -2.07. The molecule has 3 rings (SSSR count). The second-order valence-corrected chi connectivity index (χ2v) is 5.45. The van der Waals surface area contributed by atoms with E-state index in [1.165, 1.54) is 0 Å². The molecule has 1 amide bonds. The number of aromatic nitrogens is 4. The molecule has 0 bridgehead atoms. The Morgan fingerprint density at radius 2 is 2.00 bits per heavy atom. The second kappa shape index (κ2) is 6.39. The van der Waals surface area contributed by atoms with Crippen LogP contribution < -0.4 is 5.32 Å². The van der Waals surface area contributed by atoms with Crippen molar-refractivity contribution in [3.8, 4) is 11.4 Å². The Morgan fingerprint density at radius 3 is 2.65 bits per heavy atom. The zero-order chi connectivity index (χ0) is 16.2. The molecule has 6 nitrogen and oxygen atoms in total. The number of rotatable bonds is 4. The summed E-state index contributed by atoms with van der Waals surface area (Å²) in [5.74, 6) is 0.100. The third-order valence-electron chi connectivity index (χ3n) is 3.45. The monoisotopic (exact) mass is 307 g/mol. The molecule has 0 aliphatic carbocycles. The highest BCUT2D eigenvalue weighted by Crippen LogP contribution is 2.23. The standard InChI is InChI=1S/C17H17N5O/c1-11(2)13-7-6-12(9-19-13)17(23)21-15-10-20-22-16(15)14-5-3-4-8-18-14/h3-11H,1-2H3,(H,20,22)(H,21,23). The molecule has 0 unspecified atom stereocenters. The first-order chi connectivity index (χ1) is 11.1. The van der Waals surface area contributed by atoms with Crippen LogP contribution >= 0.6 is 0 Å². The topological polar surface area (TPSA) is 83.6 Å². The summed E-state index contributed by atoms with van der Waals surface area (Å²) >= 11 is 0. The largest absolute Gasteiger partial charge is 0.319 e. The Balaban J connectivity index is 1.80. The zero-order valence-electron chi connectivity index (χ0n) is 12.9. The molecule has 0 atom stereocenters. The number of H-pyrrole nitrogens is 1. The number of carbonyl (C=O) groups is 1. The van der Waals surface area contributed by atoms with Crippen molar-refractivity contribution in [2.45, 2.75) is 19.8 Å². The van der Waals surface area contributed by atoms with Gasteiger partial charge in [0.2, 0.25) is 0 Å². The third kappa shape index (κ3) is 3.26. The normalized spacial score (nSPS) is 10.7. The van der Waals surface area contributed by atoms with Crippen molar-refractivity contribution in [3.05, 3.63) is 60.2 Å². The van der Waals surface area contributed by atoms with Gasteiger partial charge in [-0.05, 0) is 30.2 Å². The van der Waals surface area contributed by atoms with Crippen molar-refractivity contribution < 1.29 is 4.79 Å². The predicted molar refractivity (Wildman–Crippen MR) is 88.1 cm³/mol. The second-order valence-electron chi connectivity index (χ2n) is 5.45. The Hall–Kier alpha value is -3.02. The zero-order valence-corrected chi connectivity index (χ0v) is 12.9. The molecule has 0 fully saturated rings. The van der Waals surface area contributed by atoms with Gasteiger partial charge in [-0.15, -0.1) is 0 Å². The number of carbonyl (C=O) groups excluding carboxylic acids is 1. The lowest BCUT2D eigenvalue weighted by atomic mass is 10.1. The summed E-state index contributed by atoms with van der Waals surface area (Å²) in [6.07, 6.45) is 4.85. The van der Waals surface area contributed by atoms with Crippen LogP contribution in [0.15, 0.2) is 48.9 Å². The Labute approximate surface area is 134 Å². The van der Waals surface area contributed by atoms with E-state index in [1.54, 1.807) is 24.7 Å². The molecule has 3 heterocycles. The van der Waals surface area contributed by atoms with Gasteiger partial charge in [-0.1, -0.05) is 19.9 Å². The van der Waals surface area contributed by atoms with E-state index < -0.39 is 0 Å². The molecule has 23 heavy (non-hydrogen) atoms. The molecule has 0 saturated carbocycles. The lowest BCUT2D eigenvalue weighted by Crippen LogP contribution is -2.12. The molecule has 0 aliphatic rings. The highest BCUT2D eigenvalue weighted by atomic mass is 16.1. The lowest BCUT2D eigenvalue weighted by molar-refractivity contribution is 0.102. The fraction of sp³-hybridized carbons (Fsp3) is 0.176. The van der Waals surface area contributed by atoms with E-state index in [9.17, 15) is 4.79 Å². The van der Waals surface area contributed by atoms with Gasteiger partial charge in [0.1, 0.15) is 5.69 Å². The van der Waals surface area contributed by atoms with Crippen LogP contribution in [-0.2, 0) is 0 Å². The van der Waals surface area contributed by atoms with E-state index in [-0.39, 0.29) is 5.91 Å². The average molecular weight is 307 g/mol. The minimum Gasteiger partial charge on any atom is -0.319 e. The number of pyridine rings is 2. The molecular weight excluding hydrogens is 290 g/mol. The van der Waals surface area contributed by atoms with Gasteiger partial charge in [-0.25, -0.2) is 0 Å². The highest BCUT2D eigenvalue weighted by molar-refractivity contribution is 6.05. The minimum atomic E-state index is -0.230. The number of amides is 1. The summed E-state index contributed by atoms with van der Waals surface area (Å²) in [5, 5.41) is 9.69. The van der Waals surface area contributed by atoms with Crippen molar-refractivity contribution in [1.82, 2.24) is 20.2 Å². The van der Waals surface area contributed by atoms with Gasteiger partial charge < -0.3 is 5.32 Å². The van der Waals surface area contributed by atoms with Crippen LogP contribution in [0.5, 0.6) is 0 Å². The molecule has 6 heteroatoms. The number of nitrogens with one attached hydrogen (secondary N) is 2. The molecule has 2 N–H and O–H groups in total. The molecule has 116 valence electrons. The number of hydrogen-bond donors (Lipinski definition) is 2. The van der Waals surface area contributed by atoms with Gasteiger partial charge in [0.15, 0.2) is 0 Å². The molecular formula is C17H17N5O. The summed E-state index contributed by atoms with van der Waals surface area (Å²) in [4.78, 5) is 20.9. The van der Waals surface area contributed by atoms with E-state index in [0.29, 0.717) is 28.6 Å². The molecule has 0 aromatic carbocycles. The molecule has 0 saturated heterocycles. The van der Waals surface area contributed by atoms with E-state index >= 15 is 0 Å². The van der Waals surface area contributed by atoms with Gasteiger partial charge in [0, 0.05) is 18.1 Å². The van der Waals surface area contributed by atoms with Crippen LogP contribution in [0.1, 0.15) is 35.8 Å². The fourth-order valence-corrected chi connectivity index (χ4v) is 2.16. The number of anilines is 1. The summed E-state index contributed by atoms with van der Waals surface area (Å²) in [6.45, 7) is 4.12. The summed E-state index contributed by atoms with van der Waals surface area (Å²) in [7, 11) is 0. The third-order valence-corrected chi connectivity index (χ3v) is 3.45. The van der Waals surface area contributed by atoms with Crippen LogP contribution in [0.25, 0.3) is 11.4 Å². The molecule has 0 radical (unpaired) electrons. The highest BCUT2D eigenvalue weighted by Gasteiger charge is 2.13. The van der Waals surface area contributed by atoms with Gasteiger partial charge >= 0.3 is 0 Å². The van der Waals surface area contributed by atoms with Gasteiger partial charge in [0.05, 0.1) is 23.1 Å². The maximum Gasteiger partial charge on any atom is 0.257 e. The summed E-state index contributed by atoms with van der Waals surface area (Å²) < 4.78 is 0. The number of nitrogens with zero attached hydrogens (tertiary/aromatic N) is 3. The first-order valence-corrected chi connectivity index (χ1v) is 7.37. The number of aromatic amines is 1. The van der Waals surface area contributed by atoms with Gasteiger partial charge in [-0.2, -0.15) is 5.10 Å². The first-order valence-electron chi connectivity index (χ1n) is 7.37. The van der Waals surface area contributed by atoms with E-state index in [1.807, 2.05) is 24.3 Å². The Bertz CT molecular complexity index is 793. The smallest absolute Gasteiger partial charge is 0.257 e. The summed E-state index contributed by atoms with van der Waals surface area (Å²) in [5.41, 5.74) is 3.43. The molecule has 0 spiro atoms. The average Bonchev–Trinajstić information content (AvgIpc) is 3.04. The van der Waals surface area contributed by atoms with Crippen molar-refractivity contribution >= 4 is 11.6 Å². The fourth-order valence-electron chi connectivity index (χ4n) is 2.16. The number of hydrogen-bond acceptors (Lipinski definition) is 4. The van der Waals surface area contributed by atoms with E-state index in [2.05, 4.69) is 39.3 Å². The van der Waals surface area contributed by atoms with Gasteiger partial charge in [0.25, 0.3) is 5.91 Å². The van der Waals surface area contributed by atoms with Crippen LogP contribution in [0.4, 0.5) is 5.69 Å². The van der Waals surface area contributed by atoms with Crippen LogP contribution in [0.3, 0.4) is 0 Å². The maximum absolute atomic E-state index is 12.4. The van der Waals surface area contributed by atoms with E-state index in [0.717, 1.165) is 5.69 Å². The van der Waals surface area contributed by atoms with Crippen molar-refractivity contribution in [2.24, 2.45) is 0 Å². The predicted octanol–water partition coefficient (Wildman–Crippen LogP) is 3.24. The van der Waals surface area contributed by atoms with Crippen LogP contribution in [-0.4, -0.2) is 26.1 Å². The SMILES string of the molecule is CC(C)c1ccc(C(=O)Nc2cn[nH]c2-c2ccccn2)cn1. The van der Waals surface area contributed by atoms with Crippen molar-refractivity contribution in [3.63, 3.8) is 0 Å². The minimum absolute atomic E-state index is 0.230. The maximum atomic E-state index is 12.4. The van der Waals surface area contributed by atoms with Gasteiger partial charge in [-0.3, -0.25) is 19.9 Å². The molecule has 3 aromatic heterocycles.